The molecule has 1 saturated heterocycles. The number of benzene rings is 1. The number of nitrogens with zero attached hydrogens (tertiary/aromatic N) is 3. The molecule has 0 bridgehead atoms. The third-order valence-electron chi connectivity index (χ3n) is 13.0. The number of aromatic nitrogens is 1. The highest BCUT2D eigenvalue weighted by Crippen LogP contribution is 2.48. The number of fused-ring (bicyclic) bond motifs is 5. The van der Waals surface area contributed by atoms with Crippen LogP contribution in [0.4, 0.5) is 18.0 Å². The molecule has 59 heavy (non-hydrogen) atoms. The van der Waals surface area contributed by atoms with Crippen LogP contribution in [0.5, 0.6) is 11.6 Å². The molecule has 4 heterocycles. The van der Waals surface area contributed by atoms with Gasteiger partial charge in [-0.25, -0.2) is 18.2 Å². The van der Waals surface area contributed by atoms with Gasteiger partial charge in [-0.2, -0.15) is 13.2 Å². The number of halogens is 3. The number of hydrogen-bond donors (Lipinski definition) is 3. The second kappa shape index (κ2) is 15.1. The number of amides is 4. The number of ether oxygens (including phenoxy) is 2. The third kappa shape index (κ3) is 7.81. The van der Waals surface area contributed by atoms with E-state index in [0.29, 0.717) is 75.8 Å². The molecule has 14 nitrogen and oxygen atoms in total. The first kappa shape index (κ1) is 42.5. The van der Waals surface area contributed by atoms with Gasteiger partial charge in [-0.1, -0.05) is 44.2 Å². The number of aryl methyl sites for hydroxylation is 1. The third-order valence-corrected chi connectivity index (χ3v) is 15.1. The predicted octanol–water partition coefficient (Wildman–Crippen LogP) is 5.48. The van der Waals surface area contributed by atoms with Crippen molar-refractivity contribution in [1.82, 2.24) is 24.8 Å². The normalized spacial score (nSPS) is 29.7. The molecular formula is C41H52F3N5O9S. The van der Waals surface area contributed by atoms with Crippen LogP contribution in [0, 0.1) is 17.8 Å². The van der Waals surface area contributed by atoms with Gasteiger partial charge in [0.15, 0.2) is 0 Å². The molecule has 0 radical (unpaired) electrons. The monoisotopic (exact) mass is 847 g/mol. The summed E-state index contributed by atoms with van der Waals surface area (Å²) in [6.45, 7) is 6.49. The molecule has 322 valence electrons. The fourth-order valence-electron chi connectivity index (χ4n) is 8.83. The van der Waals surface area contributed by atoms with Crippen molar-refractivity contribution >= 4 is 44.6 Å². The van der Waals surface area contributed by atoms with Gasteiger partial charge in [0, 0.05) is 23.1 Å². The second-order valence-electron chi connectivity index (χ2n) is 17.8. The maximum atomic E-state index is 15.1. The van der Waals surface area contributed by atoms with Gasteiger partial charge in [-0.15, -0.1) is 0 Å². The first-order valence-electron chi connectivity index (χ1n) is 20.3. The number of alkyl halides is 3. The number of nitrogens with one attached hydrogen (secondary N) is 2. The van der Waals surface area contributed by atoms with E-state index >= 15 is 4.79 Å². The van der Waals surface area contributed by atoms with Crippen molar-refractivity contribution in [2.24, 2.45) is 17.8 Å². The molecule has 18 heteroatoms. The van der Waals surface area contributed by atoms with Gasteiger partial charge in [-0.05, 0) is 90.0 Å². The summed E-state index contributed by atoms with van der Waals surface area (Å²) in [5, 5.41) is 14.6. The summed E-state index contributed by atoms with van der Waals surface area (Å²) in [4.78, 5) is 62.6. The number of rotatable bonds is 7. The van der Waals surface area contributed by atoms with E-state index in [1.807, 2.05) is 25.1 Å². The zero-order chi connectivity index (χ0) is 42.9. The first-order valence-corrected chi connectivity index (χ1v) is 21.7. The minimum atomic E-state index is -5.09. The zero-order valence-corrected chi connectivity index (χ0v) is 34.6. The Kier molecular flexibility index (Phi) is 10.9. The Bertz CT molecular complexity index is 2180. The van der Waals surface area contributed by atoms with Gasteiger partial charge in [0.2, 0.25) is 27.7 Å². The van der Waals surface area contributed by atoms with Gasteiger partial charge in [0.25, 0.3) is 5.91 Å². The summed E-state index contributed by atoms with van der Waals surface area (Å²) < 4.78 is 84.2. The van der Waals surface area contributed by atoms with E-state index in [-0.39, 0.29) is 42.5 Å². The molecule has 7 rings (SSSR count). The molecule has 3 N–H and O–H groups in total. The van der Waals surface area contributed by atoms with Crippen LogP contribution in [0.2, 0.25) is 0 Å². The average molecular weight is 848 g/mol. The van der Waals surface area contributed by atoms with Crippen LogP contribution in [-0.2, 0) is 30.8 Å². The molecule has 2 aromatic rings. The van der Waals surface area contributed by atoms with Crippen LogP contribution in [0.3, 0.4) is 0 Å². The maximum absolute atomic E-state index is 15.1. The van der Waals surface area contributed by atoms with Crippen LogP contribution in [0.15, 0.2) is 36.4 Å². The number of carbonyl (C=O) groups excluding carboxylic acids is 3. The maximum Gasteiger partial charge on any atom is 0.411 e. The highest BCUT2D eigenvalue weighted by Gasteiger charge is 2.64. The van der Waals surface area contributed by atoms with Crippen LogP contribution in [0.1, 0.15) is 91.7 Å². The molecule has 7 atom stereocenters. The number of pyridine rings is 1. The largest absolute Gasteiger partial charge is 0.491 e. The SMILES string of the molecule is C[C@H]1CCC=C[C@@H]2C[C@@]2(C(=O)NS(=O)(=O)C2(C)CC2)NC(=O)[C@@H]2C[C@@H](Oc3nc4c(c5ccccc35)OCCC4)CN2C(=O)[C@@H](N(C(=O)O)C(C)(C)C(F)(F)F)[C@H](C)C1. The standard InChI is InChI=1S/C41H52F3N5O9S/c1-23-11-6-7-12-25-21-40(25,36(52)47-59(55,56)39(5)16-17-39)46-33(50)30-20-26(58-34-28-14-9-8-13-27(28)32-29(45-34)15-10-18-57-32)22-48(30)35(51)31(24(2)19-23)49(37(53)54)38(3,4)41(42,43)44/h7-9,12-14,23-26,30-31H,6,10-11,15-22H2,1-5H3,(H,46,50)(H,47,52)(H,53,54)/t23-,24+,25+,26+,30-,31-,40+/m0/s1. The van der Waals surface area contributed by atoms with E-state index in [9.17, 15) is 41.1 Å². The van der Waals surface area contributed by atoms with Crippen LogP contribution >= 0.6 is 0 Å². The van der Waals surface area contributed by atoms with Gasteiger partial charge >= 0.3 is 12.3 Å². The highest BCUT2D eigenvalue weighted by molar-refractivity contribution is 7.91. The van der Waals surface area contributed by atoms with E-state index in [1.54, 1.807) is 18.2 Å². The van der Waals surface area contributed by atoms with Gasteiger partial charge in [-0.3, -0.25) is 24.0 Å². The van der Waals surface area contributed by atoms with Crippen molar-refractivity contribution in [3.8, 4) is 11.6 Å². The van der Waals surface area contributed by atoms with Crippen LogP contribution < -0.4 is 19.5 Å². The molecule has 3 fully saturated rings. The van der Waals surface area contributed by atoms with Gasteiger partial charge in [0.05, 0.1) is 23.6 Å². The van der Waals surface area contributed by atoms with E-state index in [4.69, 9.17) is 14.5 Å². The van der Waals surface area contributed by atoms with Crippen molar-refractivity contribution in [3.05, 3.63) is 42.1 Å². The molecule has 1 aromatic carbocycles. The lowest BCUT2D eigenvalue weighted by molar-refractivity contribution is -0.222. The number of hydrogen-bond acceptors (Lipinski definition) is 9. The number of carboxylic acid groups (broad SMARTS) is 1. The van der Waals surface area contributed by atoms with Crippen molar-refractivity contribution in [2.45, 2.75) is 133 Å². The molecule has 2 aliphatic carbocycles. The topological polar surface area (TPSA) is 185 Å². The lowest BCUT2D eigenvalue weighted by Gasteiger charge is -2.45. The Morgan fingerprint density at radius 2 is 1.81 bits per heavy atom. The average Bonchev–Trinajstić information content (AvgIpc) is 4.04. The highest BCUT2D eigenvalue weighted by atomic mass is 32.2. The van der Waals surface area contributed by atoms with E-state index < -0.39 is 85.9 Å². The molecule has 3 aliphatic heterocycles. The Balaban J connectivity index is 1.30. The summed E-state index contributed by atoms with van der Waals surface area (Å²) in [6, 6.07) is 3.90. The Morgan fingerprint density at radius 1 is 1.12 bits per heavy atom. The van der Waals surface area contributed by atoms with Crippen molar-refractivity contribution in [3.63, 3.8) is 0 Å². The molecule has 1 aromatic heterocycles. The lowest BCUT2D eigenvalue weighted by atomic mass is 9.85. The van der Waals surface area contributed by atoms with Gasteiger partial charge in [0.1, 0.15) is 35.0 Å². The summed E-state index contributed by atoms with van der Waals surface area (Å²) in [5.41, 5.74) is -4.09. The fraction of sp³-hybridized carbons (Fsp3) is 0.634. The van der Waals surface area contributed by atoms with E-state index in [1.165, 1.54) is 13.8 Å². The molecule has 2 saturated carbocycles. The van der Waals surface area contributed by atoms with Crippen molar-refractivity contribution < 1.29 is 55.3 Å². The fourth-order valence-corrected chi connectivity index (χ4v) is 10.1. The summed E-state index contributed by atoms with van der Waals surface area (Å²) in [7, 11) is -4.12. The Labute approximate surface area is 341 Å². The minimum absolute atomic E-state index is 0.0583. The van der Waals surface area contributed by atoms with Crippen LogP contribution in [-0.4, -0.2) is 105 Å². The van der Waals surface area contributed by atoms with E-state index in [0.717, 1.165) is 10.3 Å². The molecule has 0 unspecified atom stereocenters. The Hall–Kier alpha value is -4.61. The van der Waals surface area contributed by atoms with Crippen LogP contribution in [0.25, 0.3) is 10.8 Å². The first-order chi connectivity index (χ1) is 27.6. The summed E-state index contributed by atoms with van der Waals surface area (Å²) in [6.07, 6.45) is -1.42. The smallest absolute Gasteiger partial charge is 0.411 e. The number of allylic oxidation sites excluding steroid dienone is 1. The quantitative estimate of drug-likeness (QED) is 0.302. The number of sulfonamides is 1. The van der Waals surface area contributed by atoms with E-state index in [2.05, 4.69) is 10.0 Å². The van der Waals surface area contributed by atoms with Crippen molar-refractivity contribution in [2.75, 3.05) is 13.2 Å². The van der Waals surface area contributed by atoms with Gasteiger partial charge < -0.3 is 24.8 Å². The zero-order valence-electron chi connectivity index (χ0n) is 33.8. The lowest BCUT2D eigenvalue weighted by Crippen LogP contribution is -2.66. The number of carbonyl (C=O) groups is 4. The summed E-state index contributed by atoms with van der Waals surface area (Å²) in [5.74, 6) is -3.75. The summed E-state index contributed by atoms with van der Waals surface area (Å²) >= 11 is 0. The molecular weight excluding hydrogens is 796 g/mol. The predicted molar refractivity (Wildman–Crippen MR) is 209 cm³/mol. The second-order valence-corrected chi connectivity index (χ2v) is 20.0. The molecule has 0 spiro atoms. The minimum Gasteiger partial charge on any atom is -0.491 e. The van der Waals surface area contributed by atoms with Crippen molar-refractivity contribution in [1.29, 1.82) is 0 Å². The Morgan fingerprint density at radius 3 is 2.47 bits per heavy atom. The molecule has 4 amide bonds. The molecule has 5 aliphatic rings.